The number of carbonyl (C=O) groups is 1. The van der Waals surface area contributed by atoms with E-state index in [1.54, 1.807) is 7.11 Å². The van der Waals surface area contributed by atoms with Gasteiger partial charge in [0.1, 0.15) is 0 Å². The Morgan fingerprint density at radius 3 is 2.46 bits per heavy atom. The van der Waals surface area contributed by atoms with E-state index < -0.39 is 11.4 Å². The summed E-state index contributed by atoms with van der Waals surface area (Å²) in [6.07, 6.45) is 1.93. The van der Waals surface area contributed by atoms with Crippen LogP contribution in [0.15, 0.2) is 0 Å². The number of methoxy groups -OCH3 is 1. The van der Waals surface area contributed by atoms with Gasteiger partial charge in [-0.1, -0.05) is 13.3 Å². The average molecular weight is 189 g/mol. The predicted octanol–water partition coefficient (Wildman–Crippen LogP) is 0.853. The molecule has 0 aliphatic heterocycles. The van der Waals surface area contributed by atoms with E-state index in [1.807, 2.05) is 6.92 Å². The Morgan fingerprint density at radius 2 is 2.15 bits per heavy atom. The minimum absolute atomic E-state index is 0.180. The Morgan fingerprint density at radius 1 is 1.54 bits per heavy atom. The van der Waals surface area contributed by atoms with Crippen molar-refractivity contribution in [1.82, 2.24) is 0 Å². The molecular weight excluding hydrogens is 170 g/mol. The summed E-state index contributed by atoms with van der Waals surface area (Å²) >= 11 is 0. The van der Waals surface area contributed by atoms with Gasteiger partial charge < -0.3 is 15.6 Å². The largest absolute Gasteiger partial charge is 0.481 e. The van der Waals surface area contributed by atoms with Gasteiger partial charge in [0.2, 0.25) is 0 Å². The molecule has 0 saturated carbocycles. The number of carboxylic acid groups (broad SMARTS) is 1. The first-order valence-corrected chi connectivity index (χ1v) is 4.55. The summed E-state index contributed by atoms with van der Waals surface area (Å²) < 4.78 is 4.88. The van der Waals surface area contributed by atoms with E-state index in [9.17, 15) is 4.79 Å². The highest BCUT2D eigenvalue weighted by molar-refractivity contribution is 5.74. The molecule has 0 spiro atoms. The molecule has 4 nitrogen and oxygen atoms in total. The molecule has 0 aromatic rings. The van der Waals surface area contributed by atoms with Crippen LogP contribution in [0.25, 0.3) is 0 Å². The second kappa shape index (κ2) is 5.94. The summed E-state index contributed by atoms with van der Waals surface area (Å²) in [6.45, 7) is 2.59. The third kappa shape index (κ3) is 3.32. The molecule has 3 N–H and O–H groups in total. The van der Waals surface area contributed by atoms with Gasteiger partial charge in [-0.3, -0.25) is 4.79 Å². The first-order chi connectivity index (χ1) is 6.13. The lowest BCUT2D eigenvalue weighted by Gasteiger charge is -2.26. The minimum atomic E-state index is -0.811. The quantitative estimate of drug-likeness (QED) is 0.622. The molecule has 0 bridgehead atoms. The van der Waals surface area contributed by atoms with Crippen molar-refractivity contribution in [2.45, 2.75) is 26.2 Å². The standard InChI is InChI=1S/C9H19NO3/c1-3-4-9(7-10,8(11)12)5-6-13-2/h3-7,10H2,1-2H3,(H,11,12). The van der Waals surface area contributed by atoms with Crippen molar-refractivity contribution >= 4 is 5.97 Å². The maximum atomic E-state index is 11.0. The van der Waals surface area contributed by atoms with Gasteiger partial charge in [-0.05, 0) is 12.8 Å². The number of rotatable bonds is 7. The molecule has 78 valence electrons. The van der Waals surface area contributed by atoms with Gasteiger partial charge in [-0.15, -0.1) is 0 Å². The molecule has 0 aliphatic carbocycles. The van der Waals surface area contributed by atoms with Crippen LogP contribution in [0.2, 0.25) is 0 Å². The van der Waals surface area contributed by atoms with Crippen LogP contribution in [0.5, 0.6) is 0 Å². The number of carboxylic acids is 1. The highest BCUT2D eigenvalue weighted by Gasteiger charge is 2.35. The summed E-state index contributed by atoms with van der Waals surface area (Å²) in [5.74, 6) is -0.811. The van der Waals surface area contributed by atoms with E-state index in [2.05, 4.69) is 0 Å². The zero-order chi connectivity index (χ0) is 10.3. The van der Waals surface area contributed by atoms with Crippen LogP contribution in [0.4, 0.5) is 0 Å². The van der Waals surface area contributed by atoms with E-state index >= 15 is 0 Å². The number of hydrogen-bond donors (Lipinski definition) is 2. The van der Waals surface area contributed by atoms with Crippen molar-refractivity contribution in [2.24, 2.45) is 11.1 Å². The van der Waals surface area contributed by atoms with E-state index in [0.717, 1.165) is 6.42 Å². The van der Waals surface area contributed by atoms with Crippen molar-refractivity contribution in [1.29, 1.82) is 0 Å². The highest BCUT2D eigenvalue weighted by atomic mass is 16.5. The lowest BCUT2D eigenvalue weighted by Crippen LogP contribution is -2.39. The van der Waals surface area contributed by atoms with Crippen molar-refractivity contribution in [2.75, 3.05) is 20.3 Å². The molecule has 1 atom stereocenters. The highest BCUT2D eigenvalue weighted by Crippen LogP contribution is 2.27. The molecule has 0 amide bonds. The van der Waals surface area contributed by atoms with Crippen LogP contribution < -0.4 is 5.73 Å². The summed E-state index contributed by atoms with van der Waals surface area (Å²) in [7, 11) is 1.56. The molecule has 0 radical (unpaired) electrons. The first kappa shape index (κ1) is 12.4. The summed E-state index contributed by atoms with van der Waals surface area (Å²) in [6, 6.07) is 0. The summed E-state index contributed by atoms with van der Waals surface area (Å²) in [5, 5.41) is 9.05. The topological polar surface area (TPSA) is 72.5 Å². The van der Waals surface area contributed by atoms with Gasteiger partial charge in [-0.2, -0.15) is 0 Å². The Labute approximate surface area is 79.1 Å². The maximum Gasteiger partial charge on any atom is 0.311 e. The summed E-state index contributed by atoms with van der Waals surface area (Å²) in [4.78, 5) is 11.0. The number of hydrogen-bond acceptors (Lipinski definition) is 3. The SMILES string of the molecule is CCCC(CN)(CCOC)C(=O)O. The maximum absolute atomic E-state index is 11.0. The lowest BCUT2D eigenvalue weighted by atomic mass is 9.80. The molecule has 0 aliphatic rings. The number of nitrogens with two attached hydrogens (primary N) is 1. The van der Waals surface area contributed by atoms with Gasteiger partial charge in [0, 0.05) is 20.3 Å². The Hall–Kier alpha value is -0.610. The van der Waals surface area contributed by atoms with Gasteiger partial charge >= 0.3 is 5.97 Å². The average Bonchev–Trinajstić information content (AvgIpc) is 2.12. The first-order valence-electron chi connectivity index (χ1n) is 4.55. The normalized spacial score (nSPS) is 15.3. The molecule has 0 fully saturated rings. The second-order valence-corrected chi connectivity index (χ2v) is 3.28. The number of aliphatic carboxylic acids is 1. The van der Waals surface area contributed by atoms with E-state index in [0.29, 0.717) is 19.4 Å². The fourth-order valence-electron chi connectivity index (χ4n) is 1.41. The zero-order valence-corrected chi connectivity index (χ0v) is 8.38. The van der Waals surface area contributed by atoms with Gasteiger partial charge in [0.25, 0.3) is 0 Å². The Bertz CT molecular complexity index is 161. The molecule has 0 saturated heterocycles. The summed E-state index contributed by atoms with van der Waals surface area (Å²) in [5.41, 5.74) is 4.71. The third-order valence-corrected chi connectivity index (χ3v) is 2.36. The fraction of sp³-hybridized carbons (Fsp3) is 0.889. The zero-order valence-electron chi connectivity index (χ0n) is 8.38. The van der Waals surface area contributed by atoms with Crippen LogP contribution in [0.1, 0.15) is 26.2 Å². The number of ether oxygens (including phenoxy) is 1. The fourth-order valence-corrected chi connectivity index (χ4v) is 1.41. The van der Waals surface area contributed by atoms with Crippen molar-refractivity contribution < 1.29 is 14.6 Å². The molecule has 0 heterocycles. The minimum Gasteiger partial charge on any atom is -0.481 e. The van der Waals surface area contributed by atoms with Crippen molar-refractivity contribution in [3.63, 3.8) is 0 Å². The van der Waals surface area contributed by atoms with Crippen molar-refractivity contribution in [3.8, 4) is 0 Å². The lowest BCUT2D eigenvalue weighted by molar-refractivity contribution is -0.150. The van der Waals surface area contributed by atoms with Gasteiger partial charge in [-0.25, -0.2) is 0 Å². The van der Waals surface area contributed by atoms with Gasteiger partial charge in [0.05, 0.1) is 5.41 Å². The Kier molecular flexibility index (Phi) is 5.66. The molecule has 0 aromatic heterocycles. The molecule has 1 unspecified atom stereocenters. The van der Waals surface area contributed by atoms with Crippen LogP contribution in [-0.4, -0.2) is 31.3 Å². The van der Waals surface area contributed by atoms with E-state index in [-0.39, 0.29) is 6.54 Å². The smallest absolute Gasteiger partial charge is 0.311 e. The molecule has 0 rings (SSSR count). The van der Waals surface area contributed by atoms with E-state index in [4.69, 9.17) is 15.6 Å². The Balaban J connectivity index is 4.35. The van der Waals surface area contributed by atoms with Crippen LogP contribution in [0, 0.1) is 5.41 Å². The van der Waals surface area contributed by atoms with Crippen LogP contribution >= 0.6 is 0 Å². The van der Waals surface area contributed by atoms with Gasteiger partial charge in [0.15, 0.2) is 0 Å². The third-order valence-electron chi connectivity index (χ3n) is 2.36. The van der Waals surface area contributed by atoms with Crippen LogP contribution in [-0.2, 0) is 9.53 Å². The molecule has 4 heteroatoms. The van der Waals surface area contributed by atoms with E-state index in [1.165, 1.54) is 0 Å². The molecular formula is C9H19NO3. The monoisotopic (exact) mass is 189 g/mol. The van der Waals surface area contributed by atoms with Crippen molar-refractivity contribution in [3.05, 3.63) is 0 Å². The predicted molar refractivity (Wildman–Crippen MR) is 50.5 cm³/mol. The van der Waals surface area contributed by atoms with Crippen LogP contribution in [0.3, 0.4) is 0 Å². The molecule has 0 aromatic carbocycles. The second-order valence-electron chi connectivity index (χ2n) is 3.28. The molecule has 13 heavy (non-hydrogen) atoms.